The second kappa shape index (κ2) is 6.50. The first-order valence-corrected chi connectivity index (χ1v) is 6.12. The summed E-state index contributed by atoms with van der Waals surface area (Å²) in [6.07, 6.45) is 0. The van der Waals surface area contributed by atoms with Gasteiger partial charge in [0.1, 0.15) is 5.82 Å². The van der Waals surface area contributed by atoms with Crippen LogP contribution in [-0.4, -0.2) is 28.6 Å². The summed E-state index contributed by atoms with van der Waals surface area (Å²) < 4.78 is 13.6. The van der Waals surface area contributed by atoms with Gasteiger partial charge < -0.3 is 5.11 Å². The predicted octanol–water partition coefficient (Wildman–Crippen LogP) is 2.76. The average molecular weight is 253 g/mol. The van der Waals surface area contributed by atoms with Crippen LogP contribution in [-0.2, 0) is 11.3 Å². The molecule has 0 fully saturated rings. The Morgan fingerprint density at radius 3 is 2.44 bits per heavy atom. The van der Waals surface area contributed by atoms with Crippen LogP contribution in [0.25, 0.3) is 0 Å². The zero-order chi connectivity index (χ0) is 13.7. The molecule has 0 aliphatic carbocycles. The minimum Gasteiger partial charge on any atom is -0.481 e. The fourth-order valence-corrected chi connectivity index (χ4v) is 1.73. The van der Waals surface area contributed by atoms with E-state index in [2.05, 4.69) is 0 Å². The Balaban J connectivity index is 2.75. The molecule has 1 N–H and O–H groups in total. The summed E-state index contributed by atoms with van der Waals surface area (Å²) in [7, 11) is 0. The maximum absolute atomic E-state index is 13.6. The minimum absolute atomic E-state index is 0.173. The summed E-state index contributed by atoms with van der Waals surface area (Å²) in [4.78, 5) is 12.8. The second-order valence-electron chi connectivity index (χ2n) is 4.85. The first-order valence-electron chi connectivity index (χ1n) is 6.12. The van der Waals surface area contributed by atoms with Crippen molar-refractivity contribution < 1.29 is 14.3 Å². The standard InChI is InChI=1S/C14H20FNO2/c1-10(2)16(8-11(3)14(17)18)9-12-6-4-5-7-13(12)15/h4-7,10-11H,8-9H2,1-3H3,(H,17,18). The summed E-state index contributed by atoms with van der Waals surface area (Å²) in [6.45, 7) is 6.48. The topological polar surface area (TPSA) is 40.5 Å². The molecule has 0 aliphatic rings. The smallest absolute Gasteiger partial charge is 0.307 e. The molecule has 1 aromatic rings. The summed E-state index contributed by atoms with van der Waals surface area (Å²) in [5.74, 6) is -1.53. The fourth-order valence-electron chi connectivity index (χ4n) is 1.73. The van der Waals surface area contributed by atoms with Gasteiger partial charge in [0.25, 0.3) is 0 Å². The largest absolute Gasteiger partial charge is 0.481 e. The van der Waals surface area contributed by atoms with E-state index in [0.717, 1.165) is 0 Å². The molecule has 0 aromatic heterocycles. The number of hydrogen-bond acceptors (Lipinski definition) is 2. The first kappa shape index (κ1) is 14.6. The van der Waals surface area contributed by atoms with Crippen molar-refractivity contribution >= 4 is 5.97 Å². The van der Waals surface area contributed by atoms with E-state index in [1.807, 2.05) is 18.7 Å². The van der Waals surface area contributed by atoms with Gasteiger partial charge in [0, 0.05) is 24.7 Å². The number of benzene rings is 1. The molecule has 1 rings (SSSR count). The molecular weight excluding hydrogens is 233 g/mol. The number of aliphatic carboxylic acids is 1. The van der Waals surface area contributed by atoms with Crippen LogP contribution < -0.4 is 0 Å². The van der Waals surface area contributed by atoms with E-state index in [9.17, 15) is 9.18 Å². The molecule has 1 atom stereocenters. The molecule has 100 valence electrons. The van der Waals surface area contributed by atoms with Crippen LogP contribution in [0.3, 0.4) is 0 Å². The summed E-state index contributed by atoms with van der Waals surface area (Å²) >= 11 is 0. The zero-order valence-electron chi connectivity index (χ0n) is 11.1. The van der Waals surface area contributed by atoms with Gasteiger partial charge in [-0.1, -0.05) is 25.1 Å². The third-order valence-electron chi connectivity index (χ3n) is 2.99. The molecule has 0 amide bonds. The highest BCUT2D eigenvalue weighted by Crippen LogP contribution is 2.14. The zero-order valence-corrected chi connectivity index (χ0v) is 11.1. The van der Waals surface area contributed by atoms with Crippen molar-refractivity contribution in [2.24, 2.45) is 5.92 Å². The molecule has 1 aromatic carbocycles. The molecule has 0 heterocycles. The van der Waals surface area contributed by atoms with E-state index in [0.29, 0.717) is 18.7 Å². The molecule has 0 aliphatic heterocycles. The quantitative estimate of drug-likeness (QED) is 0.847. The lowest BCUT2D eigenvalue weighted by Crippen LogP contribution is -2.36. The Bertz CT molecular complexity index is 407. The average Bonchev–Trinajstić information content (AvgIpc) is 2.30. The Morgan fingerprint density at radius 2 is 1.94 bits per heavy atom. The summed E-state index contributed by atoms with van der Waals surface area (Å²) in [5, 5.41) is 8.93. The van der Waals surface area contributed by atoms with Gasteiger partial charge in [-0.25, -0.2) is 4.39 Å². The number of hydrogen-bond donors (Lipinski definition) is 1. The number of halogens is 1. The van der Waals surface area contributed by atoms with Gasteiger partial charge in [-0.3, -0.25) is 9.69 Å². The molecule has 18 heavy (non-hydrogen) atoms. The van der Waals surface area contributed by atoms with Crippen molar-refractivity contribution in [3.05, 3.63) is 35.6 Å². The molecule has 0 saturated carbocycles. The van der Waals surface area contributed by atoms with E-state index in [1.54, 1.807) is 25.1 Å². The molecule has 0 saturated heterocycles. The van der Waals surface area contributed by atoms with E-state index < -0.39 is 11.9 Å². The van der Waals surface area contributed by atoms with Gasteiger partial charge in [0.2, 0.25) is 0 Å². The highest BCUT2D eigenvalue weighted by atomic mass is 19.1. The highest BCUT2D eigenvalue weighted by molar-refractivity contribution is 5.69. The van der Waals surface area contributed by atoms with Crippen molar-refractivity contribution in [1.82, 2.24) is 4.90 Å². The fraction of sp³-hybridized carbons (Fsp3) is 0.500. The molecule has 1 unspecified atom stereocenters. The Morgan fingerprint density at radius 1 is 1.33 bits per heavy atom. The molecular formula is C14H20FNO2. The van der Waals surface area contributed by atoms with Crippen LogP contribution in [0.4, 0.5) is 4.39 Å². The summed E-state index contributed by atoms with van der Waals surface area (Å²) in [5.41, 5.74) is 0.601. The lowest BCUT2D eigenvalue weighted by Gasteiger charge is -2.28. The van der Waals surface area contributed by atoms with E-state index >= 15 is 0 Å². The third kappa shape index (κ3) is 4.11. The number of nitrogens with zero attached hydrogens (tertiary/aromatic N) is 1. The van der Waals surface area contributed by atoms with Crippen molar-refractivity contribution in [3.8, 4) is 0 Å². The Kier molecular flexibility index (Phi) is 5.28. The molecule has 0 radical (unpaired) electrons. The van der Waals surface area contributed by atoms with Crippen molar-refractivity contribution in [1.29, 1.82) is 0 Å². The Labute approximate surface area is 107 Å². The predicted molar refractivity (Wildman–Crippen MR) is 68.7 cm³/mol. The molecule has 0 spiro atoms. The van der Waals surface area contributed by atoms with Crippen LogP contribution in [0.1, 0.15) is 26.3 Å². The monoisotopic (exact) mass is 253 g/mol. The summed E-state index contributed by atoms with van der Waals surface area (Å²) in [6, 6.07) is 6.77. The van der Waals surface area contributed by atoms with Gasteiger partial charge in [-0.15, -0.1) is 0 Å². The molecule has 3 nitrogen and oxygen atoms in total. The van der Waals surface area contributed by atoms with E-state index in [4.69, 9.17) is 5.11 Å². The van der Waals surface area contributed by atoms with Gasteiger partial charge in [0.05, 0.1) is 5.92 Å². The van der Waals surface area contributed by atoms with Crippen LogP contribution in [0, 0.1) is 11.7 Å². The van der Waals surface area contributed by atoms with Crippen LogP contribution in [0.5, 0.6) is 0 Å². The minimum atomic E-state index is -0.825. The van der Waals surface area contributed by atoms with Gasteiger partial charge in [-0.2, -0.15) is 0 Å². The molecule has 0 bridgehead atoms. The van der Waals surface area contributed by atoms with E-state index in [-0.39, 0.29) is 11.9 Å². The lowest BCUT2D eigenvalue weighted by molar-refractivity contribution is -0.141. The SMILES string of the molecule is CC(CN(Cc1ccccc1F)C(C)C)C(=O)O. The number of carbonyl (C=O) groups is 1. The van der Waals surface area contributed by atoms with Crippen LogP contribution in [0.15, 0.2) is 24.3 Å². The van der Waals surface area contributed by atoms with Gasteiger partial charge in [0.15, 0.2) is 0 Å². The van der Waals surface area contributed by atoms with E-state index in [1.165, 1.54) is 6.07 Å². The third-order valence-corrected chi connectivity index (χ3v) is 2.99. The normalized spacial score (nSPS) is 13.0. The number of carboxylic acids is 1. The molecule has 4 heteroatoms. The highest BCUT2D eigenvalue weighted by Gasteiger charge is 2.19. The Hall–Kier alpha value is -1.42. The lowest BCUT2D eigenvalue weighted by atomic mass is 10.1. The van der Waals surface area contributed by atoms with Crippen molar-refractivity contribution in [2.75, 3.05) is 6.54 Å². The maximum Gasteiger partial charge on any atom is 0.307 e. The second-order valence-corrected chi connectivity index (χ2v) is 4.85. The van der Waals surface area contributed by atoms with Crippen LogP contribution >= 0.6 is 0 Å². The number of rotatable bonds is 6. The van der Waals surface area contributed by atoms with Crippen molar-refractivity contribution in [2.45, 2.75) is 33.4 Å². The maximum atomic E-state index is 13.6. The van der Waals surface area contributed by atoms with Gasteiger partial charge >= 0.3 is 5.97 Å². The first-order chi connectivity index (χ1) is 8.41. The van der Waals surface area contributed by atoms with Crippen LogP contribution in [0.2, 0.25) is 0 Å². The number of carboxylic acid groups (broad SMARTS) is 1. The van der Waals surface area contributed by atoms with Crippen molar-refractivity contribution in [3.63, 3.8) is 0 Å². The van der Waals surface area contributed by atoms with Gasteiger partial charge in [-0.05, 0) is 19.9 Å².